The normalized spacial score (nSPS) is 11.8. The molecular formula is C18H27IN4S2. The van der Waals surface area contributed by atoms with Gasteiger partial charge in [0.2, 0.25) is 0 Å². The van der Waals surface area contributed by atoms with Gasteiger partial charge in [-0.1, -0.05) is 39.0 Å². The van der Waals surface area contributed by atoms with Crippen molar-refractivity contribution in [3.8, 4) is 0 Å². The molecule has 138 valence electrons. The van der Waals surface area contributed by atoms with Gasteiger partial charge in [0.15, 0.2) is 5.96 Å². The third-order valence-corrected chi connectivity index (χ3v) is 5.59. The average molecular weight is 490 g/mol. The third-order valence-electron chi connectivity index (χ3n) is 3.26. The first-order valence-electron chi connectivity index (χ1n) is 8.06. The Morgan fingerprint density at radius 3 is 2.52 bits per heavy atom. The Bertz CT molecular complexity index is 651. The van der Waals surface area contributed by atoms with E-state index in [1.54, 1.807) is 18.4 Å². The minimum absolute atomic E-state index is 0. The van der Waals surface area contributed by atoms with Crippen molar-refractivity contribution in [3.63, 3.8) is 0 Å². The van der Waals surface area contributed by atoms with E-state index in [-0.39, 0.29) is 29.4 Å². The molecule has 0 saturated heterocycles. The molecule has 0 aliphatic carbocycles. The maximum atomic E-state index is 4.69. The van der Waals surface area contributed by atoms with Crippen molar-refractivity contribution in [1.82, 2.24) is 15.6 Å². The fourth-order valence-electron chi connectivity index (χ4n) is 1.98. The molecule has 0 spiro atoms. The lowest BCUT2D eigenvalue weighted by Crippen LogP contribution is -2.38. The summed E-state index contributed by atoms with van der Waals surface area (Å²) in [4.78, 5) is 10.2. The number of guanidine groups is 1. The molecule has 0 atom stereocenters. The molecule has 0 fully saturated rings. The molecule has 25 heavy (non-hydrogen) atoms. The Hall–Kier alpha value is -0.800. The lowest BCUT2D eigenvalue weighted by Gasteiger charge is -2.14. The molecule has 0 aliphatic heterocycles. The molecule has 1 aromatic heterocycles. The molecule has 1 aromatic carbocycles. The fourth-order valence-corrected chi connectivity index (χ4v) is 3.68. The lowest BCUT2D eigenvalue weighted by atomic mass is 9.98. The number of hydrogen-bond donors (Lipinski definition) is 2. The molecular weight excluding hydrogens is 463 g/mol. The van der Waals surface area contributed by atoms with Crippen LogP contribution in [-0.2, 0) is 12.0 Å². The van der Waals surface area contributed by atoms with Crippen LogP contribution in [0.2, 0.25) is 0 Å². The second-order valence-corrected chi connectivity index (χ2v) is 8.43. The van der Waals surface area contributed by atoms with Crippen molar-refractivity contribution in [3.05, 3.63) is 46.4 Å². The van der Waals surface area contributed by atoms with Gasteiger partial charge in [-0.15, -0.1) is 47.1 Å². The molecule has 0 amide bonds. The molecule has 0 radical (unpaired) electrons. The van der Waals surface area contributed by atoms with E-state index in [4.69, 9.17) is 4.98 Å². The zero-order valence-electron chi connectivity index (χ0n) is 15.2. The van der Waals surface area contributed by atoms with Crippen LogP contribution in [0.5, 0.6) is 0 Å². The SMILES string of the molecule is CN=C(NCCSc1ccccc1)NCc1csc(C(C)(C)C)n1.I. The Morgan fingerprint density at radius 1 is 1.20 bits per heavy atom. The summed E-state index contributed by atoms with van der Waals surface area (Å²) in [6.07, 6.45) is 0. The summed E-state index contributed by atoms with van der Waals surface area (Å²) < 4.78 is 0. The molecule has 2 rings (SSSR count). The number of thioether (sulfide) groups is 1. The number of hydrogen-bond acceptors (Lipinski definition) is 4. The van der Waals surface area contributed by atoms with Crippen molar-refractivity contribution >= 4 is 53.0 Å². The zero-order chi connectivity index (χ0) is 17.4. The maximum absolute atomic E-state index is 4.69. The molecule has 7 heteroatoms. The lowest BCUT2D eigenvalue weighted by molar-refractivity contribution is 0.582. The van der Waals surface area contributed by atoms with Crippen LogP contribution in [0.4, 0.5) is 0 Å². The summed E-state index contributed by atoms with van der Waals surface area (Å²) in [5.74, 6) is 1.81. The van der Waals surface area contributed by atoms with Gasteiger partial charge in [-0.05, 0) is 12.1 Å². The van der Waals surface area contributed by atoms with Gasteiger partial charge in [-0.3, -0.25) is 4.99 Å². The van der Waals surface area contributed by atoms with Gasteiger partial charge in [-0.2, -0.15) is 0 Å². The van der Waals surface area contributed by atoms with Gasteiger partial charge >= 0.3 is 0 Å². The topological polar surface area (TPSA) is 49.3 Å². The highest BCUT2D eigenvalue weighted by atomic mass is 127. The first-order valence-corrected chi connectivity index (χ1v) is 9.93. The minimum atomic E-state index is 0. The van der Waals surface area contributed by atoms with E-state index < -0.39 is 0 Å². The Kier molecular flexibility index (Phi) is 9.81. The second kappa shape index (κ2) is 11.0. The summed E-state index contributed by atoms with van der Waals surface area (Å²) in [5, 5.41) is 9.95. The van der Waals surface area contributed by atoms with Crippen LogP contribution < -0.4 is 10.6 Å². The standard InChI is InChI=1S/C18H26N4S2.HI/c1-18(2,3)16-22-14(13-24-16)12-21-17(19-4)20-10-11-23-15-8-6-5-7-9-15;/h5-9,13H,10-12H2,1-4H3,(H2,19,20,21);1H. The number of halogens is 1. The van der Waals surface area contributed by atoms with Gasteiger partial charge in [-0.25, -0.2) is 4.98 Å². The van der Waals surface area contributed by atoms with E-state index in [1.807, 2.05) is 17.8 Å². The fraction of sp³-hybridized carbons (Fsp3) is 0.444. The number of thiazole rings is 1. The quantitative estimate of drug-likeness (QED) is 0.206. The molecule has 0 saturated carbocycles. The van der Waals surface area contributed by atoms with Gasteiger partial charge in [0.05, 0.1) is 17.2 Å². The molecule has 0 aliphatic rings. The number of nitrogens with one attached hydrogen (secondary N) is 2. The predicted octanol–water partition coefficient (Wildman–Crippen LogP) is 4.52. The van der Waals surface area contributed by atoms with Crippen molar-refractivity contribution in [2.24, 2.45) is 4.99 Å². The van der Waals surface area contributed by atoms with Crippen molar-refractivity contribution in [2.75, 3.05) is 19.3 Å². The van der Waals surface area contributed by atoms with Crippen LogP contribution in [0.25, 0.3) is 0 Å². The number of nitrogens with zero attached hydrogens (tertiary/aromatic N) is 2. The summed E-state index contributed by atoms with van der Waals surface area (Å²) in [5.41, 5.74) is 1.17. The first kappa shape index (κ1) is 22.2. The predicted molar refractivity (Wildman–Crippen MR) is 122 cm³/mol. The van der Waals surface area contributed by atoms with Crippen LogP contribution in [0.1, 0.15) is 31.5 Å². The Morgan fingerprint density at radius 2 is 1.92 bits per heavy atom. The summed E-state index contributed by atoms with van der Waals surface area (Å²) >= 11 is 3.56. The average Bonchev–Trinajstić information content (AvgIpc) is 3.04. The third kappa shape index (κ3) is 7.96. The second-order valence-electron chi connectivity index (χ2n) is 6.41. The van der Waals surface area contributed by atoms with E-state index in [1.165, 1.54) is 9.90 Å². The van der Waals surface area contributed by atoms with E-state index >= 15 is 0 Å². The highest BCUT2D eigenvalue weighted by Crippen LogP contribution is 2.25. The first-order chi connectivity index (χ1) is 11.5. The largest absolute Gasteiger partial charge is 0.356 e. The van der Waals surface area contributed by atoms with Crippen molar-refractivity contribution < 1.29 is 0 Å². The minimum Gasteiger partial charge on any atom is -0.356 e. The Balaban J connectivity index is 0.00000312. The van der Waals surface area contributed by atoms with E-state index in [9.17, 15) is 0 Å². The van der Waals surface area contributed by atoms with Crippen molar-refractivity contribution in [2.45, 2.75) is 37.6 Å². The molecule has 2 aromatic rings. The van der Waals surface area contributed by atoms with Crippen LogP contribution in [0, 0.1) is 0 Å². The number of aromatic nitrogens is 1. The van der Waals surface area contributed by atoms with Crippen LogP contribution in [0.3, 0.4) is 0 Å². The highest BCUT2D eigenvalue weighted by molar-refractivity contribution is 14.0. The van der Waals surface area contributed by atoms with E-state index in [2.05, 4.69) is 66.0 Å². The van der Waals surface area contributed by atoms with Crippen LogP contribution in [0.15, 0.2) is 45.6 Å². The van der Waals surface area contributed by atoms with Crippen LogP contribution >= 0.6 is 47.1 Å². The number of aliphatic imine (C=N–C) groups is 1. The summed E-state index contributed by atoms with van der Waals surface area (Å²) in [6.45, 7) is 8.12. The molecule has 4 nitrogen and oxygen atoms in total. The molecule has 0 bridgehead atoms. The van der Waals surface area contributed by atoms with E-state index in [0.29, 0.717) is 6.54 Å². The van der Waals surface area contributed by atoms with Gasteiger partial charge in [0.25, 0.3) is 0 Å². The smallest absolute Gasteiger partial charge is 0.191 e. The van der Waals surface area contributed by atoms with Crippen LogP contribution in [-0.4, -0.2) is 30.3 Å². The highest BCUT2D eigenvalue weighted by Gasteiger charge is 2.17. The zero-order valence-corrected chi connectivity index (χ0v) is 19.2. The van der Waals surface area contributed by atoms with E-state index in [0.717, 1.165) is 24.0 Å². The Labute approximate surface area is 176 Å². The van der Waals surface area contributed by atoms with Gasteiger partial charge in [0, 0.05) is 35.0 Å². The maximum Gasteiger partial charge on any atom is 0.191 e. The monoisotopic (exact) mass is 490 g/mol. The summed E-state index contributed by atoms with van der Waals surface area (Å²) in [6, 6.07) is 10.4. The number of rotatable bonds is 6. The number of benzene rings is 1. The molecule has 0 unspecified atom stereocenters. The summed E-state index contributed by atoms with van der Waals surface area (Å²) in [7, 11) is 1.79. The van der Waals surface area contributed by atoms with Gasteiger partial charge < -0.3 is 10.6 Å². The van der Waals surface area contributed by atoms with Crippen molar-refractivity contribution in [1.29, 1.82) is 0 Å². The van der Waals surface area contributed by atoms with Gasteiger partial charge in [0.1, 0.15) is 0 Å². The molecule has 2 N–H and O–H groups in total. The molecule has 1 heterocycles.